The van der Waals surface area contributed by atoms with E-state index in [1.165, 1.54) is 66.1 Å². The molecule has 0 saturated carbocycles. The third-order valence-corrected chi connectivity index (χ3v) is 9.86. The van der Waals surface area contributed by atoms with Crippen molar-refractivity contribution in [1.29, 1.82) is 0 Å². The lowest BCUT2D eigenvalue weighted by Crippen LogP contribution is -2.11. The van der Waals surface area contributed by atoms with Crippen LogP contribution in [0.15, 0.2) is 212 Å². The minimum atomic E-state index is 1.11. The molecule has 51 heavy (non-hydrogen) atoms. The Balaban J connectivity index is 1.25. The molecule has 240 valence electrons. The quantitative estimate of drug-likeness (QED) is 0.155. The molecule has 9 rings (SSSR count). The highest BCUT2D eigenvalue weighted by Gasteiger charge is 2.21. The van der Waals surface area contributed by atoms with Crippen LogP contribution in [0.25, 0.3) is 66.1 Å². The van der Waals surface area contributed by atoms with E-state index in [1.54, 1.807) is 0 Å². The molecule has 9 aromatic carbocycles. The number of rotatable bonds is 7. The van der Waals surface area contributed by atoms with Crippen molar-refractivity contribution in [2.45, 2.75) is 0 Å². The molecule has 1 heteroatoms. The summed E-state index contributed by atoms with van der Waals surface area (Å²) in [6.07, 6.45) is 0. The first kappa shape index (κ1) is 30.4. The monoisotopic (exact) mass is 649 g/mol. The normalized spacial score (nSPS) is 11.1. The first-order valence-electron chi connectivity index (χ1n) is 17.5. The van der Waals surface area contributed by atoms with Crippen LogP contribution in [0.4, 0.5) is 17.1 Å². The summed E-state index contributed by atoms with van der Waals surface area (Å²) in [5, 5.41) is 5.04. The molecule has 9 aromatic rings. The van der Waals surface area contributed by atoms with E-state index < -0.39 is 0 Å². The van der Waals surface area contributed by atoms with Gasteiger partial charge >= 0.3 is 0 Å². The van der Waals surface area contributed by atoms with Gasteiger partial charge in [0.25, 0.3) is 0 Å². The van der Waals surface area contributed by atoms with Crippen LogP contribution in [0.5, 0.6) is 0 Å². The van der Waals surface area contributed by atoms with Gasteiger partial charge in [-0.25, -0.2) is 0 Å². The predicted molar refractivity (Wildman–Crippen MR) is 218 cm³/mol. The molecule has 0 aromatic heterocycles. The molecule has 0 amide bonds. The highest BCUT2D eigenvalue weighted by Crippen LogP contribution is 2.47. The van der Waals surface area contributed by atoms with Crippen molar-refractivity contribution >= 4 is 38.6 Å². The van der Waals surface area contributed by atoms with Crippen molar-refractivity contribution in [2.24, 2.45) is 0 Å². The molecular weight excluding hydrogens is 615 g/mol. The SMILES string of the molecule is c1ccc(-c2ccccc2N(c2ccccc2)c2ccc(-c3cccc4c(-c5ccccc5)c(-c5ccccc5)c5ccccc5c34)cc2)cc1. The van der Waals surface area contributed by atoms with Crippen LogP contribution < -0.4 is 4.90 Å². The minimum absolute atomic E-state index is 1.11. The standard InChI is InChI=1S/C50H35N/c1-5-18-36(19-6-1)42-26-15-16-31-47(42)51(40-24-11-4-12-25-40)41-34-32-37(33-35-41)43-29-17-30-46-49(39-22-9-3-10-23-39)48(38-20-7-2-8-21-38)44-27-13-14-28-45(44)50(43)46/h1-35H. The lowest BCUT2D eigenvalue weighted by atomic mass is 9.83. The number of hydrogen-bond donors (Lipinski definition) is 0. The Labute approximate surface area is 299 Å². The van der Waals surface area contributed by atoms with Crippen LogP contribution in [-0.2, 0) is 0 Å². The van der Waals surface area contributed by atoms with Gasteiger partial charge in [-0.2, -0.15) is 0 Å². The summed E-state index contributed by atoms with van der Waals surface area (Å²) < 4.78 is 0. The summed E-state index contributed by atoms with van der Waals surface area (Å²) in [4.78, 5) is 2.37. The molecule has 0 fully saturated rings. The number of hydrogen-bond acceptors (Lipinski definition) is 1. The van der Waals surface area contributed by atoms with E-state index >= 15 is 0 Å². The van der Waals surface area contributed by atoms with Gasteiger partial charge in [0.15, 0.2) is 0 Å². The highest BCUT2D eigenvalue weighted by atomic mass is 15.1. The molecule has 0 heterocycles. The first-order chi connectivity index (χ1) is 25.3. The van der Waals surface area contributed by atoms with Gasteiger partial charge in [-0.3, -0.25) is 0 Å². The van der Waals surface area contributed by atoms with Gasteiger partial charge in [-0.05, 0) is 90.8 Å². The van der Waals surface area contributed by atoms with Crippen LogP contribution in [-0.4, -0.2) is 0 Å². The summed E-state index contributed by atoms with van der Waals surface area (Å²) in [6, 6.07) is 76.5. The first-order valence-corrected chi connectivity index (χ1v) is 17.5. The summed E-state index contributed by atoms with van der Waals surface area (Å²) in [6.45, 7) is 0. The molecule has 0 bridgehead atoms. The van der Waals surface area contributed by atoms with Gasteiger partial charge in [-0.1, -0.05) is 182 Å². The fraction of sp³-hybridized carbons (Fsp3) is 0. The van der Waals surface area contributed by atoms with Crippen molar-refractivity contribution < 1.29 is 0 Å². The molecule has 0 saturated heterocycles. The second-order valence-electron chi connectivity index (χ2n) is 12.9. The van der Waals surface area contributed by atoms with Crippen molar-refractivity contribution in [3.8, 4) is 44.5 Å². The van der Waals surface area contributed by atoms with E-state index in [1.807, 2.05) is 0 Å². The van der Waals surface area contributed by atoms with Gasteiger partial charge in [0.2, 0.25) is 0 Å². The smallest absolute Gasteiger partial charge is 0.0540 e. The van der Waals surface area contributed by atoms with Crippen molar-refractivity contribution in [1.82, 2.24) is 0 Å². The van der Waals surface area contributed by atoms with Gasteiger partial charge < -0.3 is 4.90 Å². The average Bonchev–Trinajstić information content (AvgIpc) is 3.22. The number of para-hydroxylation sites is 2. The molecule has 0 aliphatic rings. The highest BCUT2D eigenvalue weighted by molar-refractivity contribution is 6.25. The fourth-order valence-corrected chi connectivity index (χ4v) is 7.61. The lowest BCUT2D eigenvalue weighted by Gasteiger charge is -2.28. The van der Waals surface area contributed by atoms with E-state index in [0.717, 1.165) is 17.1 Å². The summed E-state index contributed by atoms with van der Waals surface area (Å²) in [7, 11) is 0. The van der Waals surface area contributed by atoms with Gasteiger partial charge in [-0.15, -0.1) is 0 Å². The zero-order chi connectivity index (χ0) is 34.0. The Hall–Kier alpha value is -6.70. The predicted octanol–water partition coefficient (Wildman–Crippen LogP) is 14.1. The van der Waals surface area contributed by atoms with Crippen LogP contribution in [0.3, 0.4) is 0 Å². The zero-order valence-electron chi connectivity index (χ0n) is 28.2. The van der Waals surface area contributed by atoms with Crippen LogP contribution in [0.2, 0.25) is 0 Å². The Kier molecular flexibility index (Phi) is 7.92. The molecule has 0 N–H and O–H groups in total. The molecule has 0 unspecified atom stereocenters. The maximum Gasteiger partial charge on any atom is 0.0540 e. The Bertz CT molecular complexity index is 2590. The van der Waals surface area contributed by atoms with E-state index in [2.05, 4.69) is 217 Å². The van der Waals surface area contributed by atoms with Crippen molar-refractivity contribution in [3.05, 3.63) is 212 Å². The van der Waals surface area contributed by atoms with Gasteiger partial charge in [0.1, 0.15) is 0 Å². The van der Waals surface area contributed by atoms with E-state index in [0.29, 0.717) is 0 Å². The fourth-order valence-electron chi connectivity index (χ4n) is 7.61. The topological polar surface area (TPSA) is 3.24 Å². The third-order valence-electron chi connectivity index (χ3n) is 9.86. The van der Waals surface area contributed by atoms with Crippen LogP contribution in [0.1, 0.15) is 0 Å². The van der Waals surface area contributed by atoms with Crippen molar-refractivity contribution in [2.75, 3.05) is 4.90 Å². The van der Waals surface area contributed by atoms with Crippen LogP contribution >= 0.6 is 0 Å². The van der Waals surface area contributed by atoms with Gasteiger partial charge in [0.05, 0.1) is 5.69 Å². The van der Waals surface area contributed by atoms with Gasteiger partial charge in [0, 0.05) is 16.9 Å². The lowest BCUT2D eigenvalue weighted by molar-refractivity contribution is 1.28. The van der Waals surface area contributed by atoms with E-state index in [-0.39, 0.29) is 0 Å². The molecule has 0 atom stereocenters. The second kappa shape index (κ2) is 13.3. The molecule has 0 spiro atoms. The van der Waals surface area contributed by atoms with Crippen molar-refractivity contribution in [3.63, 3.8) is 0 Å². The third kappa shape index (κ3) is 5.56. The van der Waals surface area contributed by atoms with E-state index in [9.17, 15) is 0 Å². The Morgan fingerprint density at radius 2 is 0.686 bits per heavy atom. The maximum atomic E-state index is 2.37. The largest absolute Gasteiger partial charge is 0.310 e. The Morgan fingerprint density at radius 1 is 0.255 bits per heavy atom. The summed E-state index contributed by atoms with van der Waals surface area (Å²) in [5.74, 6) is 0. The molecule has 0 aliphatic carbocycles. The summed E-state index contributed by atoms with van der Waals surface area (Å²) in [5.41, 5.74) is 13.1. The molecule has 1 nitrogen and oxygen atoms in total. The average molecular weight is 650 g/mol. The number of anilines is 3. The number of benzene rings is 9. The molecule has 0 radical (unpaired) electrons. The molecular formula is C50H35N. The number of fused-ring (bicyclic) bond motifs is 3. The van der Waals surface area contributed by atoms with E-state index in [4.69, 9.17) is 0 Å². The number of nitrogens with zero attached hydrogens (tertiary/aromatic N) is 1. The van der Waals surface area contributed by atoms with Crippen LogP contribution in [0, 0.1) is 0 Å². The second-order valence-corrected chi connectivity index (χ2v) is 12.9. The maximum absolute atomic E-state index is 2.37. The summed E-state index contributed by atoms with van der Waals surface area (Å²) >= 11 is 0. The minimum Gasteiger partial charge on any atom is -0.310 e. The molecule has 0 aliphatic heterocycles. The zero-order valence-corrected chi connectivity index (χ0v) is 28.2. The Morgan fingerprint density at radius 3 is 1.33 bits per heavy atom.